The highest BCUT2D eigenvalue weighted by molar-refractivity contribution is 8.00. The van der Waals surface area contributed by atoms with Crippen molar-refractivity contribution < 1.29 is 14.7 Å². The highest BCUT2D eigenvalue weighted by Gasteiger charge is 2.48. The fourth-order valence-corrected chi connectivity index (χ4v) is 4.64. The van der Waals surface area contributed by atoms with Crippen molar-refractivity contribution in [1.29, 1.82) is 0 Å². The summed E-state index contributed by atoms with van der Waals surface area (Å²) in [5.74, 6) is -1.79. The molecule has 0 radical (unpaired) electrons. The molecule has 1 atom stereocenters. The molecule has 3 aromatic rings. The lowest BCUT2D eigenvalue weighted by Gasteiger charge is -2.22. The Hall–Kier alpha value is -2.68. The smallest absolute Gasteiger partial charge is 0.301 e. The van der Waals surface area contributed by atoms with E-state index in [1.54, 1.807) is 54.6 Å². The lowest BCUT2D eigenvalue weighted by molar-refractivity contribution is -0.132. The Bertz CT molecular complexity index is 1130. The number of rotatable bonds is 4. The number of halogens is 1. The number of aliphatic hydroxyl groups is 1. The Balaban J connectivity index is 1.94. The Morgan fingerprint density at radius 3 is 2.55 bits per heavy atom. The molecule has 1 amide bonds. The highest BCUT2D eigenvalue weighted by Crippen LogP contribution is 2.43. The zero-order chi connectivity index (χ0) is 20.5. The van der Waals surface area contributed by atoms with Crippen molar-refractivity contribution in [1.82, 2.24) is 10.2 Å². The zero-order valence-electron chi connectivity index (χ0n) is 15.1. The molecule has 29 heavy (non-hydrogen) atoms. The fraction of sp³-hybridized carbons (Fsp3) is 0.100. The summed E-state index contributed by atoms with van der Waals surface area (Å²) >= 11 is 8.76. The molecule has 9 heteroatoms. The lowest BCUT2D eigenvalue weighted by Crippen LogP contribution is -2.29. The Kier molecular flexibility index (Phi) is 5.40. The van der Waals surface area contributed by atoms with Crippen LogP contribution in [0.4, 0.5) is 5.13 Å². The van der Waals surface area contributed by atoms with Crippen molar-refractivity contribution in [3.05, 3.63) is 76.3 Å². The van der Waals surface area contributed by atoms with Crippen molar-refractivity contribution >= 4 is 57.3 Å². The summed E-state index contributed by atoms with van der Waals surface area (Å²) in [6, 6.07) is 14.6. The molecule has 1 aliphatic rings. The molecule has 0 aliphatic carbocycles. The summed E-state index contributed by atoms with van der Waals surface area (Å²) in [6.45, 7) is 0. The molecule has 1 fully saturated rings. The maximum absolute atomic E-state index is 13.0. The Morgan fingerprint density at radius 2 is 1.90 bits per heavy atom. The lowest BCUT2D eigenvalue weighted by atomic mass is 9.95. The largest absolute Gasteiger partial charge is 0.507 e. The molecule has 1 aliphatic heterocycles. The third-order valence-electron chi connectivity index (χ3n) is 4.43. The van der Waals surface area contributed by atoms with E-state index < -0.39 is 17.7 Å². The van der Waals surface area contributed by atoms with Crippen molar-refractivity contribution in [2.45, 2.75) is 10.4 Å². The van der Waals surface area contributed by atoms with Gasteiger partial charge in [0.1, 0.15) is 5.76 Å². The van der Waals surface area contributed by atoms with Gasteiger partial charge in [0.05, 0.1) is 11.6 Å². The van der Waals surface area contributed by atoms with Crippen molar-refractivity contribution in [2.75, 3.05) is 11.2 Å². The predicted octanol–water partition coefficient (Wildman–Crippen LogP) is 4.54. The first kappa shape index (κ1) is 19.6. The van der Waals surface area contributed by atoms with Crippen LogP contribution in [0.25, 0.3) is 5.76 Å². The predicted molar refractivity (Wildman–Crippen MR) is 114 cm³/mol. The summed E-state index contributed by atoms with van der Waals surface area (Å²) in [5, 5.41) is 19.8. The first-order valence-corrected chi connectivity index (χ1v) is 10.9. The molecule has 0 bridgehead atoms. The number of ketones is 1. The molecule has 1 aromatic heterocycles. The summed E-state index contributed by atoms with van der Waals surface area (Å²) < 4.78 is 0.662. The fourth-order valence-electron chi connectivity index (χ4n) is 3.16. The van der Waals surface area contributed by atoms with Gasteiger partial charge in [-0.05, 0) is 24.0 Å². The number of aliphatic hydroxyl groups excluding tert-OH is 1. The van der Waals surface area contributed by atoms with E-state index in [0.717, 1.165) is 0 Å². The van der Waals surface area contributed by atoms with Gasteiger partial charge in [-0.15, -0.1) is 10.2 Å². The minimum absolute atomic E-state index is 0.00984. The molecule has 1 saturated heterocycles. The molecule has 4 rings (SSSR count). The molecular formula is C20H14ClN3O3S2. The third-order valence-corrected chi connectivity index (χ3v) is 6.57. The minimum Gasteiger partial charge on any atom is -0.507 e. The number of aromatic nitrogens is 2. The van der Waals surface area contributed by atoms with Crippen LogP contribution in [0.5, 0.6) is 0 Å². The standard InChI is InChI=1S/C20H14ClN3O3S2/c1-28-20-23-22-19(29-20)24-15(12-8-5-9-13(21)10-12)14(17(26)18(24)27)16(25)11-6-3-2-4-7-11/h2-10,15,25H,1H3/t15-/m0/s1. The normalized spacial score (nSPS) is 18.4. The van der Waals surface area contributed by atoms with Gasteiger partial charge in [-0.25, -0.2) is 0 Å². The van der Waals surface area contributed by atoms with Gasteiger partial charge in [-0.1, -0.05) is 77.2 Å². The van der Waals surface area contributed by atoms with Crippen molar-refractivity contribution in [3.63, 3.8) is 0 Å². The van der Waals surface area contributed by atoms with E-state index in [0.29, 0.717) is 20.5 Å². The van der Waals surface area contributed by atoms with Crippen LogP contribution in [0, 0.1) is 0 Å². The van der Waals surface area contributed by atoms with Gasteiger partial charge in [0, 0.05) is 10.6 Å². The average Bonchev–Trinajstić information content (AvgIpc) is 3.31. The number of hydrogen-bond acceptors (Lipinski definition) is 7. The van der Waals surface area contributed by atoms with E-state index in [2.05, 4.69) is 10.2 Å². The maximum Gasteiger partial charge on any atom is 0.301 e. The second-order valence-electron chi connectivity index (χ2n) is 6.14. The molecule has 146 valence electrons. The number of thioether (sulfide) groups is 1. The van der Waals surface area contributed by atoms with Gasteiger partial charge in [-0.2, -0.15) is 0 Å². The van der Waals surface area contributed by atoms with Gasteiger partial charge in [-0.3, -0.25) is 14.5 Å². The molecular weight excluding hydrogens is 430 g/mol. The maximum atomic E-state index is 13.0. The quantitative estimate of drug-likeness (QED) is 0.209. The van der Waals surface area contributed by atoms with Crippen LogP contribution in [-0.2, 0) is 9.59 Å². The second-order valence-corrected chi connectivity index (χ2v) is 8.59. The number of anilines is 1. The van der Waals surface area contributed by atoms with Crippen LogP contribution < -0.4 is 4.90 Å². The van der Waals surface area contributed by atoms with E-state index in [4.69, 9.17) is 11.6 Å². The number of carbonyl (C=O) groups is 2. The highest BCUT2D eigenvalue weighted by atomic mass is 35.5. The van der Waals surface area contributed by atoms with Crippen LogP contribution in [0.3, 0.4) is 0 Å². The third kappa shape index (κ3) is 3.55. The molecule has 2 heterocycles. The van der Waals surface area contributed by atoms with Gasteiger partial charge in [0.2, 0.25) is 5.13 Å². The van der Waals surface area contributed by atoms with E-state index in [1.165, 1.54) is 28.0 Å². The Morgan fingerprint density at radius 1 is 1.14 bits per heavy atom. The first-order valence-electron chi connectivity index (χ1n) is 8.50. The summed E-state index contributed by atoms with van der Waals surface area (Å²) in [4.78, 5) is 27.2. The van der Waals surface area contributed by atoms with Gasteiger partial charge in [0.25, 0.3) is 5.78 Å². The second kappa shape index (κ2) is 7.98. The van der Waals surface area contributed by atoms with E-state index in [9.17, 15) is 14.7 Å². The van der Waals surface area contributed by atoms with E-state index in [-0.39, 0.29) is 16.5 Å². The molecule has 6 nitrogen and oxygen atoms in total. The Labute approximate surface area is 179 Å². The average molecular weight is 444 g/mol. The van der Waals surface area contributed by atoms with E-state index >= 15 is 0 Å². The number of Topliss-reactive ketones (excluding diaryl/α,β-unsaturated/α-hetero) is 1. The molecule has 2 aromatic carbocycles. The summed E-state index contributed by atoms with van der Waals surface area (Å²) in [7, 11) is 0. The number of hydrogen-bond donors (Lipinski definition) is 1. The van der Waals surface area contributed by atoms with Crippen LogP contribution >= 0.6 is 34.7 Å². The molecule has 0 saturated carbocycles. The summed E-state index contributed by atoms with van der Waals surface area (Å²) in [5.41, 5.74) is 1.03. The van der Waals surface area contributed by atoms with Crippen LogP contribution in [-0.4, -0.2) is 33.3 Å². The first-order chi connectivity index (χ1) is 14.0. The molecule has 0 unspecified atom stereocenters. The molecule has 0 spiro atoms. The number of nitrogens with zero attached hydrogens (tertiary/aromatic N) is 3. The monoisotopic (exact) mass is 443 g/mol. The van der Waals surface area contributed by atoms with E-state index in [1.807, 2.05) is 6.26 Å². The molecule has 1 N–H and O–H groups in total. The minimum atomic E-state index is -0.864. The zero-order valence-corrected chi connectivity index (χ0v) is 17.5. The number of benzene rings is 2. The van der Waals surface area contributed by atoms with Crippen LogP contribution in [0.2, 0.25) is 5.02 Å². The number of carbonyl (C=O) groups excluding carboxylic acids is 2. The van der Waals surface area contributed by atoms with Crippen LogP contribution in [0.1, 0.15) is 17.2 Å². The summed E-state index contributed by atoms with van der Waals surface area (Å²) in [6.07, 6.45) is 1.85. The van der Waals surface area contributed by atoms with Crippen molar-refractivity contribution in [3.8, 4) is 0 Å². The van der Waals surface area contributed by atoms with Crippen molar-refractivity contribution in [2.24, 2.45) is 0 Å². The SMILES string of the molecule is CSc1nnc(N2C(=O)C(=O)C(=C(O)c3ccccc3)[C@@H]2c2cccc(Cl)c2)s1. The van der Waals surface area contributed by atoms with Gasteiger partial charge in [0.15, 0.2) is 4.34 Å². The van der Waals surface area contributed by atoms with Crippen LogP contribution in [0.15, 0.2) is 64.5 Å². The number of amides is 1. The van der Waals surface area contributed by atoms with Gasteiger partial charge >= 0.3 is 5.91 Å². The van der Waals surface area contributed by atoms with Gasteiger partial charge < -0.3 is 5.11 Å². The topological polar surface area (TPSA) is 83.4 Å².